The molecule has 8 heteroatoms. The summed E-state index contributed by atoms with van der Waals surface area (Å²) in [6.45, 7) is 0.771. The van der Waals surface area contributed by atoms with E-state index in [2.05, 4.69) is 14.8 Å². The summed E-state index contributed by atoms with van der Waals surface area (Å²) in [6, 6.07) is 6.36. The maximum atomic E-state index is 13.2. The van der Waals surface area contributed by atoms with Crippen LogP contribution in [0, 0.1) is 0 Å². The van der Waals surface area contributed by atoms with Gasteiger partial charge in [0.15, 0.2) is 5.16 Å². The lowest BCUT2D eigenvalue weighted by Crippen LogP contribution is -2.32. The summed E-state index contributed by atoms with van der Waals surface area (Å²) in [6.07, 6.45) is 6.75. The number of hydrogen-bond acceptors (Lipinski definition) is 6. The molecule has 0 spiro atoms. The molecule has 2 aromatic rings. The first-order chi connectivity index (χ1) is 14.7. The average Bonchev–Trinajstić information content (AvgIpc) is 3.71. The molecule has 2 heterocycles. The first kappa shape index (κ1) is 19.7. The minimum atomic E-state index is 0.0199. The number of rotatable bonds is 8. The topological polar surface area (TPSA) is 69.5 Å². The van der Waals surface area contributed by atoms with Gasteiger partial charge in [0.2, 0.25) is 5.91 Å². The van der Waals surface area contributed by atoms with Crippen LogP contribution >= 0.6 is 11.8 Å². The monoisotopic (exact) mass is 428 g/mol. The predicted molar refractivity (Wildman–Crippen MR) is 114 cm³/mol. The van der Waals surface area contributed by atoms with Gasteiger partial charge < -0.3 is 18.9 Å². The summed E-state index contributed by atoms with van der Waals surface area (Å²) >= 11 is 1.53. The minimum absolute atomic E-state index is 0.0199. The third-order valence-electron chi connectivity index (χ3n) is 6.24. The number of aromatic nitrogens is 3. The molecule has 1 aromatic heterocycles. The molecule has 1 aliphatic heterocycles. The van der Waals surface area contributed by atoms with E-state index in [1.165, 1.54) is 37.4 Å². The van der Waals surface area contributed by atoms with Crippen LogP contribution in [0.2, 0.25) is 0 Å². The summed E-state index contributed by atoms with van der Waals surface area (Å²) in [7, 11) is 3.33. The maximum Gasteiger partial charge on any atom is 0.233 e. The summed E-state index contributed by atoms with van der Waals surface area (Å²) in [4.78, 5) is 15.2. The zero-order chi connectivity index (χ0) is 20.7. The Kier molecular flexibility index (Phi) is 5.35. The van der Waals surface area contributed by atoms with Crippen LogP contribution < -0.4 is 9.47 Å². The number of likely N-dealkylation sites (tertiary alicyclic amines) is 1. The highest BCUT2D eigenvalue weighted by Gasteiger charge is 2.37. The second-order valence-electron chi connectivity index (χ2n) is 8.36. The third-order valence-corrected chi connectivity index (χ3v) is 7.17. The van der Waals surface area contributed by atoms with Crippen LogP contribution in [0.1, 0.15) is 67.9 Å². The number of amides is 1. The number of benzene rings is 1. The number of carbonyl (C=O) groups excluding carboxylic acids is 1. The number of carbonyl (C=O) groups is 1. The molecule has 7 nitrogen and oxygen atoms in total. The van der Waals surface area contributed by atoms with Gasteiger partial charge in [0.05, 0.1) is 26.0 Å². The minimum Gasteiger partial charge on any atom is -0.497 e. The second-order valence-corrected chi connectivity index (χ2v) is 9.30. The van der Waals surface area contributed by atoms with E-state index in [1.54, 1.807) is 14.2 Å². The van der Waals surface area contributed by atoms with E-state index in [9.17, 15) is 4.79 Å². The van der Waals surface area contributed by atoms with Gasteiger partial charge in [-0.15, -0.1) is 10.2 Å². The van der Waals surface area contributed by atoms with Gasteiger partial charge in [-0.2, -0.15) is 0 Å². The van der Waals surface area contributed by atoms with Gasteiger partial charge in [0.1, 0.15) is 17.3 Å². The molecule has 0 bridgehead atoms. The number of ether oxygens (including phenoxy) is 2. The van der Waals surface area contributed by atoms with Gasteiger partial charge in [-0.25, -0.2) is 0 Å². The van der Waals surface area contributed by atoms with E-state index in [1.807, 2.05) is 23.1 Å². The van der Waals surface area contributed by atoms with Crippen LogP contribution in [-0.2, 0) is 4.79 Å². The lowest BCUT2D eigenvalue weighted by Gasteiger charge is -2.26. The smallest absolute Gasteiger partial charge is 0.233 e. The number of nitrogens with zero attached hydrogens (tertiary/aromatic N) is 4. The molecule has 30 heavy (non-hydrogen) atoms. The van der Waals surface area contributed by atoms with Crippen LogP contribution in [-0.4, -0.2) is 52.1 Å². The highest BCUT2D eigenvalue weighted by atomic mass is 32.2. The number of methoxy groups -OCH3 is 2. The zero-order valence-corrected chi connectivity index (χ0v) is 18.4. The Morgan fingerprint density at radius 1 is 1.13 bits per heavy atom. The normalized spacial score (nSPS) is 21.1. The standard InChI is InChI=1S/C22H28N4O3S/c1-28-16-9-10-19(29-2)17(12-16)18-4-3-11-25(18)20(27)13-30-22-24-23-21(14-5-6-14)26(22)15-7-8-15/h9-10,12,14-15,18H,3-8,11,13H2,1-2H3/t18-/m1/s1. The molecule has 1 aromatic carbocycles. The summed E-state index contributed by atoms with van der Waals surface area (Å²) < 4.78 is 13.3. The Morgan fingerprint density at radius 2 is 1.97 bits per heavy atom. The molecule has 2 aliphatic carbocycles. The quantitative estimate of drug-likeness (QED) is 0.593. The first-order valence-electron chi connectivity index (χ1n) is 10.8. The molecule has 5 rings (SSSR count). The maximum absolute atomic E-state index is 13.2. The fourth-order valence-corrected chi connectivity index (χ4v) is 5.28. The fraction of sp³-hybridized carbons (Fsp3) is 0.591. The molecule has 1 amide bonds. The lowest BCUT2D eigenvalue weighted by molar-refractivity contribution is -0.129. The van der Waals surface area contributed by atoms with Gasteiger partial charge in [-0.1, -0.05) is 11.8 Å². The van der Waals surface area contributed by atoms with Gasteiger partial charge in [-0.05, 0) is 56.7 Å². The van der Waals surface area contributed by atoms with Gasteiger partial charge in [-0.3, -0.25) is 4.79 Å². The molecule has 2 saturated carbocycles. The first-order valence-corrected chi connectivity index (χ1v) is 11.8. The Labute approximate surface area is 181 Å². The van der Waals surface area contributed by atoms with Crippen molar-refractivity contribution < 1.29 is 14.3 Å². The molecule has 0 N–H and O–H groups in total. The van der Waals surface area contributed by atoms with Crippen molar-refractivity contribution in [3.8, 4) is 11.5 Å². The average molecular weight is 429 g/mol. The van der Waals surface area contributed by atoms with Gasteiger partial charge >= 0.3 is 0 Å². The highest BCUT2D eigenvalue weighted by Crippen LogP contribution is 2.46. The molecule has 0 radical (unpaired) electrons. The van der Waals surface area contributed by atoms with Crippen molar-refractivity contribution in [2.45, 2.75) is 61.7 Å². The van der Waals surface area contributed by atoms with Crippen LogP contribution in [0.15, 0.2) is 23.4 Å². The molecule has 1 saturated heterocycles. The number of hydrogen-bond donors (Lipinski definition) is 0. The predicted octanol–water partition coefficient (Wildman–Crippen LogP) is 3.96. The van der Waals surface area contributed by atoms with Crippen LogP contribution in [0.3, 0.4) is 0 Å². The lowest BCUT2D eigenvalue weighted by atomic mass is 10.0. The van der Waals surface area contributed by atoms with Crippen molar-refractivity contribution in [3.63, 3.8) is 0 Å². The van der Waals surface area contributed by atoms with Crippen LogP contribution in [0.5, 0.6) is 11.5 Å². The molecular weight excluding hydrogens is 400 g/mol. The van der Waals surface area contributed by atoms with E-state index in [-0.39, 0.29) is 11.9 Å². The highest BCUT2D eigenvalue weighted by molar-refractivity contribution is 7.99. The van der Waals surface area contributed by atoms with E-state index < -0.39 is 0 Å². The van der Waals surface area contributed by atoms with Crippen molar-refractivity contribution in [2.24, 2.45) is 0 Å². The Morgan fingerprint density at radius 3 is 2.67 bits per heavy atom. The zero-order valence-electron chi connectivity index (χ0n) is 17.5. The van der Waals surface area contributed by atoms with Crippen molar-refractivity contribution in [3.05, 3.63) is 29.6 Å². The second kappa shape index (κ2) is 8.13. The van der Waals surface area contributed by atoms with Crippen molar-refractivity contribution in [1.29, 1.82) is 0 Å². The summed E-state index contributed by atoms with van der Waals surface area (Å²) in [5.41, 5.74) is 1.02. The van der Waals surface area contributed by atoms with E-state index in [4.69, 9.17) is 9.47 Å². The van der Waals surface area contributed by atoms with Crippen molar-refractivity contribution >= 4 is 17.7 Å². The third kappa shape index (κ3) is 3.77. The SMILES string of the molecule is COc1ccc(OC)c([C@H]2CCCN2C(=O)CSc2nnc(C3CC3)n2C2CC2)c1. The van der Waals surface area contributed by atoms with Gasteiger partial charge in [0.25, 0.3) is 0 Å². The van der Waals surface area contributed by atoms with Crippen LogP contribution in [0.4, 0.5) is 0 Å². The fourth-order valence-electron chi connectivity index (χ4n) is 4.38. The summed E-state index contributed by atoms with van der Waals surface area (Å²) in [5.74, 6) is 3.82. The molecule has 3 aliphatic rings. The molecule has 160 valence electrons. The van der Waals surface area contributed by atoms with Crippen molar-refractivity contribution in [1.82, 2.24) is 19.7 Å². The van der Waals surface area contributed by atoms with Gasteiger partial charge in [0, 0.05) is 24.1 Å². The Hall–Kier alpha value is -2.22. The van der Waals surface area contributed by atoms with E-state index in [0.29, 0.717) is 17.7 Å². The van der Waals surface area contributed by atoms with E-state index in [0.717, 1.165) is 47.4 Å². The molecule has 0 unspecified atom stereocenters. The van der Waals surface area contributed by atoms with Crippen LogP contribution in [0.25, 0.3) is 0 Å². The molecule has 3 fully saturated rings. The molecule has 1 atom stereocenters. The van der Waals surface area contributed by atoms with Crippen molar-refractivity contribution in [2.75, 3.05) is 26.5 Å². The Balaban J connectivity index is 1.31. The molecular formula is C22H28N4O3S. The largest absolute Gasteiger partial charge is 0.497 e. The summed E-state index contributed by atoms with van der Waals surface area (Å²) in [5, 5.41) is 9.79. The van der Waals surface area contributed by atoms with E-state index >= 15 is 0 Å². The Bertz CT molecular complexity index is 938. The number of thioether (sulfide) groups is 1.